The number of carbonyl (C=O) groups excluding carboxylic acids is 1. The summed E-state index contributed by atoms with van der Waals surface area (Å²) in [5, 5.41) is 11.3. The Hall–Kier alpha value is -1.80. The molecule has 0 spiro atoms. The molecule has 0 aliphatic carbocycles. The number of alkyl carbamates (subject to hydrolysis) is 1. The molecular formula is C18H23ClFN3O3S. The molecule has 0 saturated carbocycles. The van der Waals surface area contributed by atoms with Crippen molar-refractivity contribution in [3.63, 3.8) is 0 Å². The lowest BCUT2D eigenvalue weighted by Gasteiger charge is -2.23. The van der Waals surface area contributed by atoms with Crippen molar-refractivity contribution in [1.29, 1.82) is 0 Å². The number of carbonyl (C=O) groups is 1. The Kier molecular flexibility index (Phi) is 7.11. The first kappa shape index (κ1) is 21.5. The third-order valence-electron chi connectivity index (χ3n) is 3.43. The highest BCUT2D eigenvalue weighted by molar-refractivity contribution is 7.98. The summed E-state index contributed by atoms with van der Waals surface area (Å²) in [6.45, 7) is 9.18. The lowest BCUT2D eigenvalue weighted by Crippen LogP contribution is -2.37. The highest BCUT2D eigenvalue weighted by Gasteiger charge is 2.27. The highest BCUT2D eigenvalue weighted by atomic mass is 35.5. The van der Waals surface area contributed by atoms with Crippen molar-refractivity contribution >= 4 is 29.5 Å². The van der Waals surface area contributed by atoms with Gasteiger partial charge in [0.1, 0.15) is 17.5 Å². The van der Waals surface area contributed by atoms with E-state index >= 15 is 0 Å². The van der Waals surface area contributed by atoms with Crippen molar-refractivity contribution in [2.75, 3.05) is 0 Å². The molecule has 0 aliphatic rings. The van der Waals surface area contributed by atoms with Gasteiger partial charge in [-0.1, -0.05) is 43.3 Å². The molecule has 2 rings (SSSR count). The van der Waals surface area contributed by atoms with Gasteiger partial charge in [0.25, 0.3) is 5.22 Å². The quantitative estimate of drug-likeness (QED) is 0.638. The van der Waals surface area contributed by atoms with E-state index in [-0.39, 0.29) is 28.6 Å². The Morgan fingerprint density at radius 2 is 2.07 bits per heavy atom. The average molecular weight is 416 g/mol. The molecule has 2 aromatic rings. The van der Waals surface area contributed by atoms with Crippen molar-refractivity contribution in [2.24, 2.45) is 5.92 Å². The summed E-state index contributed by atoms with van der Waals surface area (Å²) < 4.78 is 24.8. The van der Waals surface area contributed by atoms with Gasteiger partial charge >= 0.3 is 6.09 Å². The predicted molar refractivity (Wildman–Crippen MR) is 102 cm³/mol. The maximum atomic E-state index is 13.8. The fourth-order valence-electron chi connectivity index (χ4n) is 2.16. The van der Waals surface area contributed by atoms with E-state index in [4.69, 9.17) is 20.8 Å². The standard InChI is InChI=1S/C18H23ClFN3O3S/c1-10(2)14(21-16(24)26-18(3,4)5)15-22-23-17(25-15)27-9-11-12(19)7-6-8-13(11)20/h6-8,10,14H,9H2,1-5H3,(H,21,24)/t14-/m0/s1. The second-order valence-corrected chi connectivity index (χ2v) is 8.60. The number of aromatic nitrogens is 2. The highest BCUT2D eigenvalue weighted by Crippen LogP contribution is 2.30. The van der Waals surface area contributed by atoms with Crippen LogP contribution < -0.4 is 5.32 Å². The molecule has 1 aromatic heterocycles. The minimum atomic E-state index is -0.611. The maximum absolute atomic E-state index is 13.8. The smallest absolute Gasteiger partial charge is 0.408 e. The molecule has 0 saturated heterocycles. The van der Waals surface area contributed by atoms with Crippen LogP contribution in [0.15, 0.2) is 27.8 Å². The summed E-state index contributed by atoms with van der Waals surface area (Å²) in [7, 11) is 0. The molecule has 9 heteroatoms. The van der Waals surface area contributed by atoms with Gasteiger partial charge in [0.15, 0.2) is 0 Å². The van der Waals surface area contributed by atoms with Crippen LogP contribution in [0, 0.1) is 11.7 Å². The van der Waals surface area contributed by atoms with Gasteiger partial charge < -0.3 is 14.5 Å². The Morgan fingerprint density at radius 1 is 1.37 bits per heavy atom. The third kappa shape index (κ3) is 6.39. The molecule has 1 aromatic carbocycles. The van der Waals surface area contributed by atoms with E-state index in [0.29, 0.717) is 10.6 Å². The first-order valence-electron chi connectivity index (χ1n) is 8.45. The predicted octanol–water partition coefficient (Wildman–Crippen LogP) is 5.38. The van der Waals surface area contributed by atoms with E-state index in [9.17, 15) is 9.18 Å². The number of halogens is 2. The summed E-state index contributed by atoms with van der Waals surface area (Å²) >= 11 is 7.19. The monoisotopic (exact) mass is 415 g/mol. The van der Waals surface area contributed by atoms with Crippen LogP contribution in [0.25, 0.3) is 0 Å². The number of ether oxygens (including phenoxy) is 1. The van der Waals surface area contributed by atoms with Gasteiger partial charge in [-0.15, -0.1) is 10.2 Å². The van der Waals surface area contributed by atoms with Gasteiger partial charge in [-0.25, -0.2) is 9.18 Å². The third-order valence-corrected chi connectivity index (χ3v) is 4.63. The minimum absolute atomic E-state index is 0.00293. The molecule has 27 heavy (non-hydrogen) atoms. The van der Waals surface area contributed by atoms with Crippen LogP contribution in [0.3, 0.4) is 0 Å². The average Bonchev–Trinajstić information content (AvgIpc) is 2.98. The molecular weight excluding hydrogens is 393 g/mol. The fourth-order valence-corrected chi connectivity index (χ4v) is 3.27. The molecule has 1 amide bonds. The number of thioether (sulfide) groups is 1. The van der Waals surface area contributed by atoms with Gasteiger partial charge in [0.2, 0.25) is 5.89 Å². The van der Waals surface area contributed by atoms with Gasteiger partial charge in [-0.2, -0.15) is 0 Å². The van der Waals surface area contributed by atoms with Crippen LogP contribution in [0.2, 0.25) is 5.02 Å². The van der Waals surface area contributed by atoms with Crippen molar-refractivity contribution in [3.8, 4) is 0 Å². The number of hydrogen-bond acceptors (Lipinski definition) is 6. The van der Waals surface area contributed by atoms with Crippen molar-refractivity contribution in [2.45, 2.75) is 57.2 Å². The minimum Gasteiger partial charge on any atom is -0.444 e. The number of benzene rings is 1. The van der Waals surface area contributed by atoms with Gasteiger partial charge in [-0.3, -0.25) is 0 Å². The van der Waals surface area contributed by atoms with Gasteiger partial charge in [0, 0.05) is 16.3 Å². The summed E-state index contributed by atoms with van der Waals surface area (Å²) in [5.41, 5.74) is -0.239. The normalized spacial score (nSPS) is 12.9. The zero-order chi connectivity index (χ0) is 20.2. The van der Waals surface area contributed by atoms with E-state index in [1.807, 2.05) is 13.8 Å². The first-order chi connectivity index (χ1) is 12.6. The summed E-state index contributed by atoms with van der Waals surface area (Å²) in [4.78, 5) is 12.1. The van der Waals surface area contributed by atoms with Crippen molar-refractivity contribution in [3.05, 3.63) is 40.5 Å². The molecule has 0 bridgehead atoms. The zero-order valence-electron chi connectivity index (χ0n) is 15.9. The fraction of sp³-hybridized carbons (Fsp3) is 0.500. The topological polar surface area (TPSA) is 77.2 Å². The van der Waals surface area contributed by atoms with Crippen LogP contribution in [-0.4, -0.2) is 21.9 Å². The molecule has 0 radical (unpaired) electrons. The molecule has 148 valence electrons. The van der Waals surface area contributed by atoms with E-state index in [1.165, 1.54) is 17.8 Å². The molecule has 0 fully saturated rings. The van der Waals surface area contributed by atoms with Gasteiger partial charge in [-0.05, 0) is 38.8 Å². The van der Waals surface area contributed by atoms with E-state index in [0.717, 1.165) is 0 Å². The Balaban J connectivity index is 2.06. The van der Waals surface area contributed by atoms with Gasteiger partial charge in [0.05, 0.1) is 0 Å². The van der Waals surface area contributed by atoms with E-state index in [1.54, 1.807) is 32.9 Å². The van der Waals surface area contributed by atoms with E-state index in [2.05, 4.69) is 15.5 Å². The zero-order valence-corrected chi connectivity index (χ0v) is 17.4. The molecule has 0 unspecified atom stereocenters. The summed E-state index contributed by atoms with van der Waals surface area (Å²) in [5.74, 6) is 0.120. The Labute approximate surface area is 167 Å². The molecule has 1 atom stereocenters. The van der Waals surface area contributed by atoms with Crippen LogP contribution in [-0.2, 0) is 10.5 Å². The molecule has 0 aliphatic heterocycles. The summed E-state index contributed by atoms with van der Waals surface area (Å²) in [6, 6.07) is 4.02. The molecule has 1 heterocycles. The number of rotatable bonds is 6. The number of hydrogen-bond donors (Lipinski definition) is 1. The summed E-state index contributed by atoms with van der Waals surface area (Å²) in [6.07, 6.45) is -0.563. The van der Waals surface area contributed by atoms with Crippen LogP contribution in [0.1, 0.15) is 52.1 Å². The second kappa shape index (κ2) is 8.93. The molecule has 1 N–H and O–H groups in total. The van der Waals surface area contributed by atoms with Crippen molar-refractivity contribution in [1.82, 2.24) is 15.5 Å². The van der Waals surface area contributed by atoms with Crippen molar-refractivity contribution < 1.29 is 18.3 Å². The Bertz CT molecular complexity index is 772. The largest absolute Gasteiger partial charge is 0.444 e. The number of nitrogens with one attached hydrogen (secondary N) is 1. The molecule has 6 nitrogen and oxygen atoms in total. The SMILES string of the molecule is CC(C)[C@H](NC(=O)OC(C)(C)C)c1nnc(SCc2c(F)cccc2Cl)o1. The lowest BCUT2D eigenvalue weighted by molar-refractivity contribution is 0.0477. The first-order valence-corrected chi connectivity index (χ1v) is 9.82. The van der Waals surface area contributed by atoms with Crippen LogP contribution >= 0.6 is 23.4 Å². The van der Waals surface area contributed by atoms with Crippen LogP contribution in [0.4, 0.5) is 9.18 Å². The lowest BCUT2D eigenvalue weighted by atomic mass is 10.1. The van der Waals surface area contributed by atoms with E-state index < -0.39 is 17.7 Å². The van der Waals surface area contributed by atoms with Crippen LogP contribution in [0.5, 0.6) is 0 Å². The number of amides is 1. The maximum Gasteiger partial charge on any atom is 0.408 e. The number of nitrogens with zero attached hydrogens (tertiary/aromatic N) is 2. The Morgan fingerprint density at radius 3 is 2.67 bits per heavy atom. The second-order valence-electron chi connectivity index (χ2n) is 7.26.